The van der Waals surface area contributed by atoms with E-state index in [-0.39, 0.29) is 51.4 Å². The van der Waals surface area contributed by atoms with Gasteiger partial charge in [0.05, 0.1) is 56.3 Å². The van der Waals surface area contributed by atoms with Crippen LogP contribution in [0.15, 0.2) is 74.4 Å². The number of unbranched alkanes of at least 4 members (excludes halogenated alkanes) is 9. The highest BCUT2D eigenvalue weighted by molar-refractivity contribution is 5.82. The molecule has 354 valence electrons. The third-order valence-corrected chi connectivity index (χ3v) is 10.6. The van der Waals surface area contributed by atoms with Gasteiger partial charge in [-0.05, 0) is 134 Å². The molecule has 0 amide bonds. The minimum Gasteiger partial charge on any atom is -0.507 e. The van der Waals surface area contributed by atoms with E-state index < -0.39 is 17.9 Å². The minimum atomic E-state index is -0.437. The normalized spacial score (nSPS) is 10.8. The SMILES string of the molecule is C=CC(=O)OCCCCCCOc1ccc(-c2nc(-c3ccc(OCCCCCCOC(=O)C=C)c(C)c3O)nc(-c3ccc(OCCCCCCOC(=O)C=C)c(C)c3O)n2)c(O)c1C. The Bertz CT molecular complexity index is 2030. The van der Waals surface area contributed by atoms with Gasteiger partial charge in [-0.1, -0.05) is 19.7 Å². The van der Waals surface area contributed by atoms with Gasteiger partial charge in [-0.2, -0.15) is 0 Å². The highest BCUT2D eigenvalue weighted by atomic mass is 16.5. The van der Waals surface area contributed by atoms with Gasteiger partial charge in [-0.3, -0.25) is 0 Å². The monoisotopic (exact) mass is 909 g/mol. The molecule has 0 fully saturated rings. The number of phenols is 3. The number of carbonyl (C=O) groups excluding carboxylic acids is 3. The Kier molecular flexibility index (Phi) is 21.5. The molecule has 66 heavy (non-hydrogen) atoms. The van der Waals surface area contributed by atoms with Crippen LogP contribution in [0.1, 0.15) is 93.7 Å². The zero-order valence-corrected chi connectivity index (χ0v) is 38.4. The molecular formula is C51H63N3O12. The van der Waals surface area contributed by atoms with Crippen LogP contribution in [-0.4, -0.2) is 87.8 Å². The van der Waals surface area contributed by atoms with Crippen LogP contribution in [0.4, 0.5) is 0 Å². The second-order valence-corrected chi connectivity index (χ2v) is 15.5. The predicted octanol–water partition coefficient (Wildman–Crippen LogP) is 9.92. The van der Waals surface area contributed by atoms with Crippen LogP contribution >= 0.6 is 0 Å². The first-order valence-corrected chi connectivity index (χ1v) is 22.4. The van der Waals surface area contributed by atoms with Gasteiger partial charge in [-0.25, -0.2) is 29.3 Å². The first-order valence-electron chi connectivity index (χ1n) is 22.4. The van der Waals surface area contributed by atoms with Crippen LogP contribution < -0.4 is 14.2 Å². The van der Waals surface area contributed by atoms with Crippen LogP contribution in [0.3, 0.4) is 0 Å². The van der Waals surface area contributed by atoms with Gasteiger partial charge < -0.3 is 43.7 Å². The fourth-order valence-corrected chi connectivity index (χ4v) is 6.71. The smallest absolute Gasteiger partial charge is 0.330 e. The molecule has 0 spiro atoms. The lowest BCUT2D eigenvalue weighted by Gasteiger charge is -2.16. The fraction of sp³-hybridized carbons (Fsp3) is 0.412. The molecule has 1 aromatic heterocycles. The first kappa shape index (κ1) is 51.7. The maximum atomic E-state index is 11.6. The summed E-state index contributed by atoms with van der Waals surface area (Å²) in [6.07, 6.45) is 13.0. The van der Waals surface area contributed by atoms with Crippen molar-refractivity contribution >= 4 is 17.9 Å². The molecular weight excluding hydrogens is 847 g/mol. The standard InChI is InChI=1S/C51H63N3O12/c1-7-43(55)64-31-19-13-10-16-28-61-40-25-22-37(46(58)34(40)4)49-52-50(38-23-26-41(35(5)47(38)59)62-29-17-11-14-20-32-65-44(56)8-2)54-51(53-49)39-24-27-42(36(6)48(39)60)63-30-18-12-15-21-33-66-45(57)9-3/h7-9,22-27,58-60H,1-3,10-21,28-33H2,4-6H3. The van der Waals surface area contributed by atoms with Crippen LogP contribution in [0.5, 0.6) is 34.5 Å². The summed E-state index contributed by atoms with van der Waals surface area (Å²) in [7, 11) is 0. The summed E-state index contributed by atoms with van der Waals surface area (Å²) < 4.78 is 33.2. The molecule has 0 atom stereocenters. The molecule has 15 nitrogen and oxygen atoms in total. The number of phenolic OH excluding ortho intramolecular Hbond substituents is 3. The fourth-order valence-electron chi connectivity index (χ4n) is 6.71. The summed E-state index contributed by atoms with van der Waals surface area (Å²) in [5.41, 5.74) is 2.26. The van der Waals surface area contributed by atoms with Gasteiger partial charge in [0.1, 0.15) is 34.5 Å². The van der Waals surface area contributed by atoms with Gasteiger partial charge in [0.2, 0.25) is 0 Å². The zero-order valence-electron chi connectivity index (χ0n) is 38.4. The molecule has 0 aliphatic carbocycles. The molecule has 0 unspecified atom stereocenters. The van der Waals surface area contributed by atoms with Crippen molar-refractivity contribution in [3.05, 3.63) is 91.1 Å². The Balaban J connectivity index is 1.55. The van der Waals surface area contributed by atoms with Crippen molar-refractivity contribution in [3.8, 4) is 68.7 Å². The summed E-state index contributed by atoms with van der Waals surface area (Å²) in [5.74, 6) is 0.0990. The van der Waals surface area contributed by atoms with E-state index in [1.54, 1.807) is 57.2 Å². The van der Waals surface area contributed by atoms with Crippen molar-refractivity contribution in [2.24, 2.45) is 0 Å². The molecule has 0 bridgehead atoms. The van der Waals surface area contributed by atoms with E-state index in [1.165, 1.54) is 0 Å². The highest BCUT2D eigenvalue weighted by Crippen LogP contribution is 2.42. The Morgan fingerprint density at radius 3 is 0.909 bits per heavy atom. The molecule has 1 heterocycles. The third-order valence-electron chi connectivity index (χ3n) is 10.6. The van der Waals surface area contributed by atoms with E-state index in [2.05, 4.69) is 19.7 Å². The topological polar surface area (TPSA) is 206 Å². The maximum Gasteiger partial charge on any atom is 0.330 e. The second-order valence-electron chi connectivity index (χ2n) is 15.5. The lowest BCUT2D eigenvalue weighted by molar-refractivity contribution is -0.138. The van der Waals surface area contributed by atoms with Crippen LogP contribution in [-0.2, 0) is 28.6 Å². The second kappa shape index (κ2) is 27.4. The van der Waals surface area contributed by atoms with E-state index in [0.717, 1.165) is 95.3 Å². The Hall–Kier alpha value is -6.90. The summed E-state index contributed by atoms with van der Waals surface area (Å²) in [6, 6.07) is 10.2. The summed E-state index contributed by atoms with van der Waals surface area (Å²) in [5, 5.41) is 34.7. The van der Waals surface area contributed by atoms with Crippen LogP contribution in [0.25, 0.3) is 34.2 Å². The molecule has 4 aromatic rings. The molecule has 0 saturated carbocycles. The summed E-state index contributed by atoms with van der Waals surface area (Å²) in [4.78, 5) is 47.9. The number of esters is 3. The van der Waals surface area contributed by atoms with Gasteiger partial charge >= 0.3 is 17.9 Å². The van der Waals surface area contributed by atoms with Crippen LogP contribution in [0.2, 0.25) is 0 Å². The van der Waals surface area contributed by atoms with Gasteiger partial charge in [0.15, 0.2) is 17.5 Å². The molecule has 3 N–H and O–H groups in total. The van der Waals surface area contributed by atoms with E-state index in [0.29, 0.717) is 73.6 Å². The highest BCUT2D eigenvalue weighted by Gasteiger charge is 2.23. The molecule has 0 radical (unpaired) electrons. The molecule has 4 rings (SSSR count). The predicted molar refractivity (Wildman–Crippen MR) is 251 cm³/mol. The number of ether oxygens (including phenoxy) is 6. The number of aromatic nitrogens is 3. The lowest BCUT2D eigenvalue weighted by Crippen LogP contribution is -2.04. The zero-order chi connectivity index (χ0) is 47.8. The number of hydrogen-bond acceptors (Lipinski definition) is 15. The van der Waals surface area contributed by atoms with Crippen molar-refractivity contribution < 1.29 is 58.1 Å². The number of hydrogen-bond donors (Lipinski definition) is 3. The Labute approximate surface area is 387 Å². The van der Waals surface area contributed by atoms with Crippen molar-refractivity contribution in [1.29, 1.82) is 0 Å². The number of carbonyl (C=O) groups is 3. The van der Waals surface area contributed by atoms with Crippen molar-refractivity contribution in [2.45, 2.75) is 97.8 Å². The van der Waals surface area contributed by atoms with Crippen molar-refractivity contribution in [3.63, 3.8) is 0 Å². The largest absolute Gasteiger partial charge is 0.507 e. The van der Waals surface area contributed by atoms with Gasteiger partial charge in [-0.15, -0.1) is 0 Å². The average molecular weight is 910 g/mol. The minimum absolute atomic E-state index is 0.0904. The van der Waals surface area contributed by atoms with Crippen molar-refractivity contribution in [2.75, 3.05) is 39.6 Å². The van der Waals surface area contributed by atoms with E-state index in [1.807, 2.05) is 0 Å². The molecule has 0 aliphatic rings. The van der Waals surface area contributed by atoms with E-state index in [4.69, 9.17) is 43.4 Å². The van der Waals surface area contributed by atoms with Crippen molar-refractivity contribution in [1.82, 2.24) is 15.0 Å². The molecule has 0 saturated heterocycles. The lowest BCUT2D eigenvalue weighted by atomic mass is 10.0. The number of aromatic hydroxyl groups is 3. The first-order chi connectivity index (χ1) is 31.9. The maximum absolute atomic E-state index is 11.6. The summed E-state index contributed by atoms with van der Waals surface area (Å²) in [6.45, 7) is 17.6. The summed E-state index contributed by atoms with van der Waals surface area (Å²) >= 11 is 0. The molecule has 0 aliphatic heterocycles. The number of nitrogens with zero attached hydrogens (tertiary/aromatic N) is 3. The average Bonchev–Trinajstić information content (AvgIpc) is 3.32. The van der Waals surface area contributed by atoms with E-state index >= 15 is 0 Å². The quantitative estimate of drug-likeness (QED) is 0.0193. The molecule has 15 heteroatoms. The van der Waals surface area contributed by atoms with Gasteiger partial charge in [0, 0.05) is 34.9 Å². The van der Waals surface area contributed by atoms with Crippen LogP contribution in [0, 0.1) is 20.8 Å². The van der Waals surface area contributed by atoms with E-state index in [9.17, 15) is 29.7 Å². The number of benzene rings is 3. The molecule has 3 aromatic carbocycles. The van der Waals surface area contributed by atoms with Gasteiger partial charge in [0.25, 0.3) is 0 Å². The third kappa shape index (κ3) is 15.7. The number of rotatable bonds is 30. The Morgan fingerprint density at radius 2 is 0.667 bits per heavy atom. The Morgan fingerprint density at radius 1 is 0.424 bits per heavy atom.